The molecule has 1 nitrogen and oxygen atoms in total. The van der Waals surface area contributed by atoms with Crippen molar-refractivity contribution in [1.29, 1.82) is 0 Å². The summed E-state index contributed by atoms with van der Waals surface area (Å²) < 4.78 is 12.7. The Morgan fingerprint density at radius 3 is 2.19 bits per heavy atom. The first kappa shape index (κ1) is 13.5. The van der Waals surface area contributed by atoms with Crippen molar-refractivity contribution in [3.8, 4) is 0 Å². The number of hydrogen-bond acceptors (Lipinski definition) is 2. The fourth-order valence-corrected chi connectivity index (χ4v) is 2.46. The van der Waals surface area contributed by atoms with Crippen LogP contribution in [0.4, 0.5) is 4.39 Å². The molecule has 0 aromatic heterocycles. The topological polar surface area (TPSA) is 26.0 Å². The molecule has 2 atom stereocenters. The van der Waals surface area contributed by atoms with E-state index >= 15 is 0 Å². The maximum atomic E-state index is 12.7. The van der Waals surface area contributed by atoms with E-state index in [1.807, 2.05) is 6.26 Å². The van der Waals surface area contributed by atoms with Crippen molar-refractivity contribution in [3.63, 3.8) is 0 Å². The van der Waals surface area contributed by atoms with Gasteiger partial charge in [0.15, 0.2) is 0 Å². The number of alkyl halides is 1. The van der Waals surface area contributed by atoms with Crippen LogP contribution in [0.15, 0.2) is 29.2 Å². The SMILES string of the molecule is CSc1ccc(C(C(C)C)C(N)CF)cc1. The van der Waals surface area contributed by atoms with Gasteiger partial charge in [-0.2, -0.15) is 0 Å². The lowest BCUT2D eigenvalue weighted by atomic mass is 9.83. The summed E-state index contributed by atoms with van der Waals surface area (Å²) >= 11 is 1.71. The van der Waals surface area contributed by atoms with Crippen LogP contribution in [0.25, 0.3) is 0 Å². The molecule has 0 aliphatic rings. The second-order valence-electron chi connectivity index (χ2n) is 4.36. The highest BCUT2D eigenvalue weighted by molar-refractivity contribution is 7.98. The molecule has 1 aromatic carbocycles. The zero-order valence-corrected chi connectivity index (χ0v) is 10.9. The highest BCUT2D eigenvalue weighted by Gasteiger charge is 2.22. The van der Waals surface area contributed by atoms with Crippen LogP contribution in [-0.4, -0.2) is 19.0 Å². The molecule has 2 unspecified atom stereocenters. The van der Waals surface area contributed by atoms with E-state index in [1.165, 1.54) is 4.90 Å². The summed E-state index contributed by atoms with van der Waals surface area (Å²) in [7, 11) is 0. The Bertz CT molecular complexity index is 310. The van der Waals surface area contributed by atoms with Crippen LogP contribution >= 0.6 is 11.8 Å². The molecule has 0 bridgehead atoms. The van der Waals surface area contributed by atoms with Gasteiger partial charge in [-0.25, -0.2) is 4.39 Å². The minimum atomic E-state index is -0.465. The third-order valence-corrected chi connectivity index (χ3v) is 3.60. The van der Waals surface area contributed by atoms with Crippen LogP contribution in [0.3, 0.4) is 0 Å². The quantitative estimate of drug-likeness (QED) is 0.799. The predicted molar refractivity (Wildman–Crippen MR) is 69.8 cm³/mol. The van der Waals surface area contributed by atoms with Gasteiger partial charge in [0.1, 0.15) is 6.67 Å². The van der Waals surface area contributed by atoms with Crippen molar-refractivity contribution in [2.75, 3.05) is 12.9 Å². The van der Waals surface area contributed by atoms with Gasteiger partial charge >= 0.3 is 0 Å². The smallest absolute Gasteiger partial charge is 0.105 e. The molecule has 0 heterocycles. The monoisotopic (exact) mass is 241 g/mol. The van der Waals surface area contributed by atoms with E-state index < -0.39 is 12.7 Å². The maximum Gasteiger partial charge on any atom is 0.105 e. The minimum absolute atomic E-state index is 0.0981. The summed E-state index contributed by atoms with van der Waals surface area (Å²) in [5, 5.41) is 0. The van der Waals surface area contributed by atoms with Gasteiger partial charge < -0.3 is 5.73 Å². The Morgan fingerprint density at radius 2 is 1.81 bits per heavy atom. The fourth-order valence-electron chi connectivity index (χ4n) is 2.05. The highest BCUT2D eigenvalue weighted by Crippen LogP contribution is 2.28. The summed E-state index contributed by atoms with van der Waals surface area (Å²) in [4.78, 5) is 1.22. The Morgan fingerprint density at radius 1 is 1.25 bits per heavy atom. The summed E-state index contributed by atoms with van der Waals surface area (Å²) in [6.07, 6.45) is 2.04. The number of thioether (sulfide) groups is 1. The van der Waals surface area contributed by atoms with Gasteiger partial charge in [-0.1, -0.05) is 26.0 Å². The molecular formula is C13H20FNS. The molecule has 16 heavy (non-hydrogen) atoms. The lowest BCUT2D eigenvalue weighted by Crippen LogP contribution is -2.33. The molecule has 0 saturated heterocycles. The van der Waals surface area contributed by atoms with E-state index in [1.54, 1.807) is 11.8 Å². The lowest BCUT2D eigenvalue weighted by Gasteiger charge is -2.26. The second-order valence-corrected chi connectivity index (χ2v) is 5.24. The first-order valence-corrected chi connectivity index (χ1v) is 6.78. The van der Waals surface area contributed by atoms with Crippen LogP contribution in [0.5, 0.6) is 0 Å². The van der Waals surface area contributed by atoms with Crippen LogP contribution < -0.4 is 5.73 Å². The standard InChI is InChI=1S/C13H20FNS/c1-9(2)13(12(15)8-14)10-4-6-11(16-3)7-5-10/h4-7,9,12-13H,8,15H2,1-3H3. The Balaban J connectivity index is 2.92. The molecule has 1 aromatic rings. The molecule has 2 N–H and O–H groups in total. The first-order valence-electron chi connectivity index (χ1n) is 5.55. The second kappa shape index (κ2) is 6.26. The average molecular weight is 241 g/mol. The molecule has 0 fully saturated rings. The molecule has 0 saturated carbocycles. The zero-order chi connectivity index (χ0) is 12.1. The van der Waals surface area contributed by atoms with Crippen LogP contribution in [0.2, 0.25) is 0 Å². The van der Waals surface area contributed by atoms with E-state index in [-0.39, 0.29) is 5.92 Å². The molecule has 90 valence electrons. The van der Waals surface area contributed by atoms with Crippen molar-refractivity contribution < 1.29 is 4.39 Å². The third kappa shape index (κ3) is 3.22. The van der Waals surface area contributed by atoms with Crippen molar-refractivity contribution >= 4 is 11.8 Å². The Kier molecular flexibility index (Phi) is 5.29. The van der Waals surface area contributed by atoms with Gasteiger partial charge in [0.05, 0.1) is 0 Å². The van der Waals surface area contributed by atoms with E-state index in [0.29, 0.717) is 5.92 Å². The van der Waals surface area contributed by atoms with Crippen LogP contribution in [0, 0.1) is 5.92 Å². The van der Waals surface area contributed by atoms with Crippen LogP contribution in [-0.2, 0) is 0 Å². The van der Waals surface area contributed by atoms with Crippen molar-refractivity contribution in [2.45, 2.75) is 30.7 Å². The molecule has 0 aliphatic heterocycles. The van der Waals surface area contributed by atoms with Gasteiger partial charge in [-0.15, -0.1) is 11.8 Å². The summed E-state index contributed by atoms with van der Waals surface area (Å²) in [6, 6.07) is 7.86. The van der Waals surface area contributed by atoms with E-state index in [9.17, 15) is 4.39 Å². The minimum Gasteiger partial charge on any atom is -0.325 e. The van der Waals surface area contributed by atoms with Crippen LogP contribution in [0.1, 0.15) is 25.3 Å². The molecular weight excluding hydrogens is 221 g/mol. The number of halogens is 1. The van der Waals surface area contributed by atoms with Gasteiger partial charge in [0.2, 0.25) is 0 Å². The maximum absolute atomic E-state index is 12.7. The largest absolute Gasteiger partial charge is 0.325 e. The Labute approximate surface area is 102 Å². The number of hydrogen-bond donors (Lipinski definition) is 1. The van der Waals surface area contributed by atoms with E-state index in [0.717, 1.165) is 5.56 Å². The van der Waals surface area contributed by atoms with Gasteiger partial charge in [0.25, 0.3) is 0 Å². The third-order valence-electron chi connectivity index (χ3n) is 2.86. The van der Waals surface area contributed by atoms with E-state index in [2.05, 4.69) is 38.1 Å². The molecule has 0 aliphatic carbocycles. The fraction of sp³-hybridized carbons (Fsp3) is 0.538. The predicted octanol–water partition coefficient (Wildman–Crippen LogP) is 3.44. The zero-order valence-electron chi connectivity index (χ0n) is 10.1. The summed E-state index contributed by atoms with van der Waals surface area (Å²) in [5.41, 5.74) is 6.98. The number of benzene rings is 1. The average Bonchev–Trinajstić information content (AvgIpc) is 2.29. The van der Waals surface area contributed by atoms with Gasteiger partial charge in [-0.3, -0.25) is 0 Å². The molecule has 1 rings (SSSR count). The molecule has 0 radical (unpaired) electrons. The van der Waals surface area contributed by atoms with Crippen molar-refractivity contribution in [1.82, 2.24) is 0 Å². The summed E-state index contributed by atoms with van der Waals surface area (Å²) in [6.45, 7) is 3.71. The molecule has 3 heteroatoms. The highest BCUT2D eigenvalue weighted by atomic mass is 32.2. The molecule has 0 amide bonds. The van der Waals surface area contributed by atoms with Crippen molar-refractivity contribution in [2.24, 2.45) is 11.7 Å². The summed E-state index contributed by atoms with van der Waals surface area (Å²) in [5.74, 6) is 0.451. The van der Waals surface area contributed by atoms with Gasteiger partial charge in [0, 0.05) is 16.9 Å². The van der Waals surface area contributed by atoms with E-state index in [4.69, 9.17) is 5.73 Å². The first-order chi connectivity index (χ1) is 7.60. The number of rotatable bonds is 5. The lowest BCUT2D eigenvalue weighted by molar-refractivity contribution is 0.338. The van der Waals surface area contributed by atoms with Gasteiger partial charge in [-0.05, 0) is 29.9 Å². The number of nitrogens with two attached hydrogens (primary N) is 1. The Hall–Kier alpha value is -0.540. The normalized spacial score (nSPS) is 15.1. The molecule has 0 spiro atoms. The van der Waals surface area contributed by atoms with Crippen molar-refractivity contribution in [3.05, 3.63) is 29.8 Å².